The first-order valence-electron chi connectivity index (χ1n) is 8.19. The third kappa shape index (κ3) is 6.36. The van der Waals surface area contributed by atoms with Crippen LogP contribution in [0.15, 0.2) is 29.2 Å². The highest BCUT2D eigenvalue weighted by Gasteiger charge is 2.32. The van der Waals surface area contributed by atoms with E-state index in [4.69, 9.17) is 8.92 Å². The van der Waals surface area contributed by atoms with Crippen molar-refractivity contribution in [1.82, 2.24) is 0 Å². The zero-order valence-electron chi connectivity index (χ0n) is 14.0. The second-order valence-electron chi connectivity index (χ2n) is 6.19. The summed E-state index contributed by atoms with van der Waals surface area (Å²) in [5.74, 6) is 0.937. The fourth-order valence-electron chi connectivity index (χ4n) is 2.76. The summed E-state index contributed by atoms with van der Waals surface area (Å²) in [4.78, 5) is 1.07. The molecule has 23 heavy (non-hydrogen) atoms. The van der Waals surface area contributed by atoms with Crippen molar-refractivity contribution >= 4 is 21.9 Å². The summed E-state index contributed by atoms with van der Waals surface area (Å²) in [6.45, 7) is 4.48. The predicted molar refractivity (Wildman–Crippen MR) is 94.4 cm³/mol. The van der Waals surface area contributed by atoms with Crippen molar-refractivity contribution in [3.63, 3.8) is 0 Å². The van der Waals surface area contributed by atoms with E-state index in [-0.39, 0.29) is 5.44 Å². The van der Waals surface area contributed by atoms with Crippen molar-refractivity contribution in [2.45, 2.75) is 62.4 Å². The highest BCUT2D eigenvalue weighted by molar-refractivity contribution is 7.99. The van der Waals surface area contributed by atoms with Crippen LogP contribution in [-0.2, 0) is 14.9 Å². The summed E-state index contributed by atoms with van der Waals surface area (Å²) in [5.41, 5.74) is 0.179. The number of hydrogen-bond acceptors (Lipinski definition) is 5. The number of hydrogen-bond donors (Lipinski definition) is 0. The average Bonchev–Trinajstić information content (AvgIpc) is 2.80. The van der Waals surface area contributed by atoms with Crippen LogP contribution >= 0.6 is 11.8 Å². The van der Waals surface area contributed by atoms with Crippen LogP contribution < -0.4 is 4.18 Å². The van der Waals surface area contributed by atoms with E-state index in [9.17, 15) is 8.42 Å². The standard InChI is InChI=1S/C17H26O4S2/c1-4-5-6-7-16-13(2)12-17(20-16)22-15-10-8-14(9-11-15)21-23(3,18)19/h8-11,13,16-17H,4-7,12H2,1-3H3/t13-,16?,17?/m1/s1. The van der Waals surface area contributed by atoms with Crippen LogP contribution in [0.1, 0.15) is 46.0 Å². The molecule has 3 atom stereocenters. The molecular weight excluding hydrogens is 332 g/mol. The van der Waals surface area contributed by atoms with Gasteiger partial charge in [0.1, 0.15) is 11.2 Å². The van der Waals surface area contributed by atoms with Gasteiger partial charge in [0.05, 0.1) is 12.4 Å². The molecule has 4 nitrogen and oxygen atoms in total. The van der Waals surface area contributed by atoms with E-state index < -0.39 is 10.1 Å². The maximum Gasteiger partial charge on any atom is 0.306 e. The van der Waals surface area contributed by atoms with Gasteiger partial charge in [-0.3, -0.25) is 0 Å². The summed E-state index contributed by atoms with van der Waals surface area (Å²) in [6.07, 6.45) is 7.36. The van der Waals surface area contributed by atoms with E-state index in [1.165, 1.54) is 19.3 Å². The van der Waals surface area contributed by atoms with Crippen molar-refractivity contribution in [1.29, 1.82) is 0 Å². The van der Waals surface area contributed by atoms with E-state index in [0.717, 1.165) is 24.0 Å². The first-order chi connectivity index (χ1) is 10.9. The van der Waals surface area contributed by atoms with Gasteiger partial charge in [-0.25, -0.2) is 0 Å². The number of rotatable bonds is 8. The van der Waals surface area contributed by atoms with Crippen LogP contribution in [0, 0.1) is 5.92 Å². The van der Waals surface area contributed by atoms with Crippen LogP contribution in [0.25, 0.3) is 0 Å². The molecule has 2 unspecified atom stereocenters. The Morgan fingerprint density at radius 3 is 2.57 bits per heavy atom. The Balaban J connectivity index is 1.85. The second kappa shape index (κ2) is 8.40. The molecule has 1 saturated heterocycles. The Hall–Kier alpha value is -0.720. The van der Waals surface area contributed by atoms with Gasteiger partial charge in [0.2, 0.25) is 0 Å². The van der Waals surface area contributed by atoms with Crippen molar-refractivity contribution in [2.24, 2.45) is 5.92 Å². The van der Waals surface area contributed by atoms with Gasteiger partial charge in [-0.15, -0.1) is 0 Å². The molecule has 1 aromatic rings. The minimum absolute atomic E-state index is 0.179. The molecule has 0 amide bonds. The van der Waals surface area contributed by atoms with Gasteiger partial charge in [-0.2, -0.15) is 8.42 Å². The Kier molecular flexibility index (Phi) is 6.80. The molecular formula is C17H26O4S2. The van der Waals surface area contributed by atoms with Crippen LogP contribution in [0.3, 0.4) is 0 Å². The minimum Gasteiger partial charge on any atom is -0.383 e. The highest BCUT2D eigenvalue weighted by Crippen LogP contribution is 2.38. The Labute approximate surface area is 144 Å². The fraction of sp³-hybridized carbons (Fsp3) is 0.647. The van der Waals surface area contributed by atoms with Crippen molar-refractivity contribution in [3.05, 3.63) is 24.3 Å². The SMILES string of the molecule is CCCCCC1OC(Sc2ccc(OS(C)(=O)=O)cc2)C[C@H]1C. The molecule has 6 heteroatoms. The average molecular weight is 359 g/mol. The summed E-state index contributed by atoms with van der Waals surface area (Å²) in [6, 6.07) is 7.12. The zero-order valence-corrected chi connectivity index (χ0v) is 15.7. The van der Waals surface area contributed by atoms with Crippen molar-refractivity contribution in [2.75, 3.05) is 6.26 Å². The van der Waals surface area contributed by atoms with Gasteiger partial charge in [0.15, 0.2) is 0 Å². The lowest BCUT2D eigenvalue weighted by Crippen LogP contribution is -2.13. The van der Waals surface area contributed by atoms with Crippen LogP contribution in [0.5, 0.6) is 5.75 Å². The quantitative estimate of drug-likeness (QED) is 0.508. The maximum absolute atomic E-state index is 11.1. The molecule has 0 aliphatic carbocycles. The molecule has 1 aromatic carbocycles. The van der Waals surface area contributed by atoms with E-state index in [0.29, 0.717) is 17.8 Å². The predicted octanol–water partition coefficient (Wildman–Crippen LogP) is 4.45. The molecule has 1 fully saturated rings. The summed E-state index contributed by atoms with van der Waals surface area (Å²) >= 11 is 1.70. The normalized spacial score (nSPS) is 24.7. The lowest BCUT2D eigenvalue weighted by atomic mass is 9.99. The molecule has 1 heterocycles. The number of benzene rings is 1. The highest BCUT2D eigenvalue weighted by atomic mass is 32.2. The van der Waals surface area contributed by atoms with Gasteiger partial charge in [0.25, 0.3) is 0 Å². The monoisotopic (exact) mass is 358 g/mol. The van der Waals surface area contributed by atoms with Crippen molar-refractivity contribution in [3.8, 4) is 5.75 Å². The van der Waals surface area contributed by atoms with Gasteiger partial charge in [0, 0.05) is 4.90 Å². The van der Waals surface area contributed by atoms with Crippen LogP contribution in [-0.4, -0.2) is 26.2 Å². The molecule has 1 aliphatic rings. The van der Waals surface area contributed by atoms with Gasteiger partial charge in [-0.05, 0) is 43.0 Å². The van der Waals surface area contributed by atoms with E-state index >= 15 is 0 Å². The molecule has 0 aromatic heterocycles. The molecule has 0 saturated carbocycles. The molecule has 2 rings (SSSR count). The largest absolute Gasteiger partial charge is 0.383 e. The number of ether oxygens (including phenoxy) is 1. The summed E-state index contributed by atoms with van der Waals surface area (Å²) in [5, 5.41) is 0. The van der Waals surface area contributed by atoms with E-state index in [1.54, 1.807) is 23.9 Å². The molecule has 130 valence electrons. The number of thioether (sulfide) groups is 1. The molecule has 0 spiro atoms. The minimum atomic E-state index is -3.47. The van der Waals surface area contributed by atoms with Gasteiger partial charge >= 0.3 is 10.1 Å². The molecule has 0 bridgehead atoms. The van der Waals surface area contributed by atoms with Gasteiger partial charge in [-0.1, -0.05) is 44.9 Å². The Morgan fingerprint density at radius 2 is 1.96 bits per heavy atom. The zero-order chi connectivity index (χ0) is 16.9. The van der Waals surface area contributed by atoms with E-state index in [2.05, 4.69) is 13.8 Å². The molecule has 1 aliphatic heterocycles. The number of unbranched alkanes of at least 4 members (excludes halogenated alkanes) is 2. The third-order valence-electron chi connectivity index (χ3n) is 3.96. The van der Waals surface area contributed by atoms with Crippen LogP contribution in [0.4, 0.5) is 0 Å². The second-order valence-corrected chi connectivity index (χ2v) is 9.00. The van der Waals surface area contributed by atoms with Gasteiger partial charge < -0.3 is 8.92 Å². The summed E-state index contributed by atoms with van der Waals surface area (Å²) < 4.78 is 33.2. The Bertz CT molecular complexity index is 583. The Morgan fingerprint density at radius 1 is 1.26 bits per heavy atom. The van der Waals surface area contributed by atoms with Crippen LogP contribution in [0.2, 0.25) is 0 Å². The van der Waals surface area contributed by atoms with E-state index in [1.807, 2.05) is 12.1 Å². The first kappa shape index (κ1) is 18.6. The first-order valence-corrected chi connectivity index (χ1v) is 10.9. The molecule has 0 radical (unpaired) electrons. The lowest BCUT2D eigenvalue weighted by molar-refractivity contribution is 0.0697. The lowest BCUT2D eigenvalue weighted by Gasteiger charge is -2.15. The molecule has 0 N–H and O–H groups in total. The fourth-order valence-corrected chi connectivity index (χ4v) is 4.42. The van der Waals surface area contributed by atoms with Crippen molar-refractivity contribution < 1.29 is 17.3 Å². The third-order valence-corrected chi connectivity index (χ3v) is 5.56. The smallest absolute Gasteiger partial charge is 0.306 e. The topological polar surface area (TPSA) is 52.6 Å². The summed E-state index contributed by atoms with van der Waals surface area (Å²) in [7, 11) is -3.47. The maximum atomic E-state index is 11.1.